The van der Waals surface area contributed by atoms with Crippen LogP contribution in [0.1, 0.15) is 25.3 Å². The monoisotopic (exact) mass is 492 g/mol. The minimum atomic E-state index is -1.43. The molecule has 186 valence electrons. The van der Waals surface area contributed by atoms with Crippen molar-refractivity contribution in [1.29, 1.82) is 0 Å². The maximum absolute atomic E-state index is 15.4. The van der Waals surface area contributed by atoms with E-state index in [0.717, 1.165) is 6.08 Å². The van der Waals surface area contributed by atoms with Crippen LogP contribution in [-0.2, 0) is 20.8 Å². The molecule has 2 aromatic heterocycles. The van der Waals surface area contributed by atoms with Crippen LogP contribution in [0.3, 0.4) is 0 Å². The second-order valence-corrected chi connectivity index (χ2v) is 8.17. The molecule has 36 heavy (non-hydrogen) atoms. The van der Waals surface area contributed by atoms with Crippen LogP contribution in [0.5, 0.6) is 5.88 Å². The summed E-state index contributed by atoms with van der Waals surface area (Å²) in [5.74, 6) is -1.98. The van der Waals surface area contributed by atoms with Gasteiger partial charge in [-0.25, -0.2) is 19.2 Å². The molecule has 1 aliphatic rings. The Hall–Kier alpha value is -4.11. The Morgan fingerprint density at radius 2 is 1.97 bits per heavy atom. The lowest BCUT2D eigenvalue weighted by atomic mass is 9.98. The Bertz CT molecular complexity index is 1300. The van der Waals surface area contributed by atoms with Crippen LogP contribution < -0.4 is 9.64 Å². The third-order valence-corrected chi connectivity index (χ3v) is 5.79. The number of methoxy groups -OCH3 is 1. The number of carboxylic acid groups (broad SMARTS) is 1. The zero-order valence-electron chi connectivity index (χ0n) is 20.6. The lowest BCUT2D eigenvalue weighted by Gasteiger charge is -2.29. The molecule has 3 aromatic rings. The van der Waals surface area contributed by atoms with Gasteiger partial charge >= 0.3 is 5.97 Å². The summed E-state index contributed by atoms with van der Waals surface area (Å²) in [6.07, 6.45) is 6.27. The van der Waals surface area contributed by atoms with Gasteiger partial charge in [0.15, 0.2) is 0 Å². The van der Waals surface area contributed by atoms with Gasteiger partial charge in [0.25, 0.3) is 0 Å². The number of hydrogen-bond donors (Lipinski definition) is 1. The summed E-state index contributed by atoms with van der Waals surface area (Å²) in [5, 5.41) is 8.95. The molecule has 0 saturated carbocycles. The molecule has 1 aliphatic heterocycles. The number of amides is 1. The van der Waals surface area contributed by atoms with Gasteiger partial charge in [-0.05, 0) is 54.3 Å². The second-order valence-electron chi connectivity index (χ2n) is 8.17. The molecule has 1 atom stereocenters. The normalized spacial score (nSPS) is 15.3. The van der Waals surface area contributed by atoms with Crippen molar-refractivity contribution in [3.63, 3.8) is 0 Å². The fraction of sp³-hybridized carbons (Fsp3) is 0.259. The van der Waals surface area contributed by atoms with E-state index in [9.17, 15) is 9.59 Å². The summed E-state index contributed by atoms with van der Waals surface area (Å²) in [6.45, 7) is -0.592. The van der Waals surface area contributed by atoms with Gasteiger partial charge in [-0.15, -0.1) is 0 Å². The minimum absolute atomic E-state index is 0.00101. The highest BCUT2D eigenvalue weighted by atomic mass is 19.1. The molecule has 0 spiro atoms. The smallest absolute Gasteiger partial charge is 0.328 e. The number of nitrogens with zero attached hydrogens (tertiary/aromatic N) is 3. The number of halogens is 1. The highest BCUT2D eigenvalue weighted by Crippen LogP contribution is 2.27. The van der Waals surface area contributed by atoms with Gasteiger partial charge < -0.3 is 14.6 Å². The largest absolute Gasteiger partial charge is 0.481 e. The van der Waals surface area contributed by atoms with Gasteiger partial charge in [-0.1, -0.05) is 12.1 Å². The topological polar surface area (TPSA) is 102 Å². The van der Waals surface area contributed by atoms with Crippen LogP contribution in [0.2, 0.25) is 0 Å². The van der Waals surface area contributed by atoms with Crippen molar-refractivity contribution in [2.75, 3.05) is 25.2 Å². The number of rotatable bonds is 8. The number of aliphatic carboxylic acids is 1. The molecule has 0 radical (unpaired) electrons. The molecule has 4 rings (SSSR count). The highest BCUT2D eigenvalue weighted by Gasteiger charge is 2.29. The number of aromatic nitrogens is 2. The molecule has 0 aliphatic carbocycles. The molecule has 1 unspecified atom stereocenters. The molecule has 1 amide bonds. The number of anilines is 1. The van der Waals surface area contributed by atoms with Crippen molar-refractivity contribution in [3.8, 4) is 17.0 Å². The van der Waals surface area contributed by atoms with E-state index in [1.54, 1.807) is 30.5 Å². The van der Waals surface area contributed by atoms with E-state index >= 15 is 4.39 Å². The van der Waals surface area contributed by atoms with Crippen LogP contribution in [0, 0.1) is 11.7 Å². The average molecular weight is 493 g/mol. The zero-order chi connectivity index (χ0) is 26.4. The molecular weight excluding hydrogens is 465 g/mol. The second kappa shape index (κ2) is 11.5. The van der Waals surface area contributed by atoms with E-state index in [-0.39, 0.29) is 17.3 Å². The van der Waals surface area contributed by atoms with Crippen molar-refractivity contribution in [2.45, 2.75) is 19.4 Å². The van der Waals surface area contributed by atoms with Gasteiger partial charge in [0.2, 0.25) is 11.8 Å². The molecule has 9 heteroatoms. The molecule has 1 saturated heterocycles. The molecule has 8 nitrogen and oxygen atoms in total. The molecule has 1 fully saturated rings. The van der Waals surface area contributed by atoms with Crippen LogP contribution in [0.4, 0.5) is 10.2 Å². The van der Waals surface area contributed by atoms with E-state index in [2.05, 4.69) is 9.97 Å². The standard InChI is InChI=1S/C27H26FN3O5/c1-35-25-6-5-21(16-30-25)20-3-4-22(23(28)15-20)17-31(27(34)19-9-12-36-13-10-19)24-14-18(8-11-29-24)2-7-26(32)33/h2-8,11,14-16,19H,9-10,12-13,17H2,1H3,(H,32,33)/i17D. The SMILES string of the molecule is [2H]C(c1ccc(-c2ccc(OC)nc2)cc1F)N(C(=O)C1CCOCC1)c1cc(C=CC(=O)O)ccn1. The first-order chi connectivity index (χ1) is 17.9. The molecule has 0 bridgehead atoms. The number of pyridine rings is 2. The zero-order valence-corrected chi connectivity index (χ0v) is 19.6. The maximum atomic E-state index is 15.4. The first-order valence-corrected chi connectivity index (χ1v) is 11.4. The predicted molar refractivity (Wildman–Crippen MR) is 132 cm³/mol. The van der Waals surface area contributed by atoms with E-state index in [0.29, 0.717) is 48.6 Å². The van der Waals surface area contributed by atoms with E-state index in [1.165, 1.54) is 42.5 Å². The number of carbonyl (C=O) groups is 2. The van der Waals surface area contributed by atoms with E-state index in [1.807, 2.05) is 0 Å². The maximum Gasteiger partial charge on any atom is 0.328 e. The summed E-state index contributed by atoms with van der Waals surface area (Å²) in [6, 6.07) is 11.0. The Kier molecular flexibility index (Phi) is 7.58. The van der Waals surface area contributed by atoms with Gasteiger partial charge in [-0.2, -0.15) is 0 Å². The van der Waals surface area contributed by atoms with Crippen molar-refractivity contribution < 1.29 is 29.9 Å². The Morgan fingerprint density at radius 1 is 1.19 bits per heavy atom. The Balaban J connectivity index is 1.70. The molecule has 1 N–H and O–H groups in total. The Labute approximate surface area is 209 Å². The number of carbonyl (C=O) groups excluding carboxylic acids is 1. The van der Waals surface area contributed by atoms with Crippen LogP contribution in [-0.4, -0.2) is 47.3 Å². The van der Waals surface area contributed by atoms with Gasteiger partial charge in [0.05, 0.1) is 15.0 Å². The van der Waals surface area contributed by atoms with Gasteiger partial charge in [0, 0.05) is 54.8 Å². The number of ether oxygens (including phenoxy) is 2. The summed E-state index contributed by atoms with van der Waals surface area (Å²) in [4.78, 5) is 34.1. The van der Waals surface area contributed by atoms with Crippen molar-refractivity contribution in [1.82, 2.24) is 9.97 Å². The summed E-state index contributed by atoms with van der Waals surface area (Å²) in [5.41, 5.74) is 1.71. The van der Waals surface area contributed by atoms with Crippen molar-refractivity contribution >= 4 is 23.8 Å². The van der Waals surface area contributed by atoms with Crippen LogP contribution in [0.25, 0.3) is 17.2 Å². The van der Waals surface area contributed by atoms with Crippen LogP contribution in [0.15, 0.2) is 60.9 Å². The van der Waals surface area contributed by atoms with E-state index < -0.39 is 24.2 Å². The highest BCUT2D eigenvalue weighted by molar-refractivity contribution is 5.94. The Morgan fingerprint density at radius 3 is 2.64 bits per heavy atom. The summed E-state index contributed by atoms with van der Waals surface area (Å²) >= 11 is 0. The van der Waals surface area contributed by atoms with Gasteiger partial charge in [-0.3, -0.25) is 9.69 Å². The first kappa shape index (κ1) is 23.6. The predicted octanol–water partition coefficient (Wildman–Crippen LogP) is 4.35. The average Bonchev–Trinajstić information content (AvgIpc) is 2.92. The third kappa shape index (κ3) is 6.11. The third-order valence-electron chi connectivity index (χ3n) is 5.79. The number of carboxylic acids is 1. The molecule has 3 heterocycles. The van der Waals surface area contributed by atoms with Gasteiger partial charge in [0.1, 0.15) is 11.6 Å². The number of hydrogen-bond acceptors (Lipinski definition) is 6. The lowest BCUT2D eigenvalue weighted by Crippen LogP contribution is -2.39. The lowest BCUT2D eigenvalue weighted by molar-refractivity contribution is -0.131. The quantitative estimate of drug-likeness (QED) is 0.467. The summed E-state index contributed by atoms with van der Waals surface area (Å²) in [7, 11) is 1.51. The fourth-order valence-electron chi connectivity index (χ4n) is 3.84. The molecular formula is C27H26FN3O5. The van der Waals surface area contributed by atoms with E-state index in [4.69, 9.17) is 16.0 Å². The molecule has 1 aromatic carbocycles. The van der Waals surface area contributed by atoms with Crippen molar-refractivity contribution in [3.05, 3.63) is 77.9 Å². The minimum Gasteiger partial charge on any atom is -0.481 e. The van der Waals surface area contributed by atoms with Crippen LogP contribution >= 0.6 is 0 Å². The number of benzene rings is 1. The van der Waals surface area contributed by atoms with Crippen molar-refractivity contribution in [2.24, 2.45) is 5.92 Å². The summed E-state index contributed by atoms with van der Waals surface area (Å²) < 4.78 is 34.7. The first-order valence-electron chi connectivity index (χ1n) is 11.9. The fourth-order valence-corrected chi connectivity index (χ4v) is 3.84.